The maximum atomic E-state index is 12.9. The van der Waals surface area contributed by atoms with E-state index in [1.807, 2.05) is 0 Å². The van der Waals surface area contributed by atoms with E-state index in [2.05, 4.69) is 9.97 Å². The van der Waals surface area contributed by atoms with Crippen molar-refractivity contribution in [3.63, 3.8) is 0 Å². The average molecular weight is 462 g/mol. The van der Waals surface area contributed by atoms with Gasteiger partial charge < -0.3 is 9.64 Å². The first-order valence-electron chi connectivity index (χ1n) is 9.59. The molecule has 3 aromatic rings. The molecule has 0 N–H and O–H groups in total. The van der Waals surface area contributed by atoms with Crippen molar-refractivity contribution in [3.05, 3.63) is 50.1 Å². The molecule has 3 heterocycles. The summed E-state index contributed by atoms with van der Waals surface area (Å²) in [6.07, 6.45) is 0. The second-order valence-electron chi connectivity index (χ2n) is 7.05. The van der Waals surface area contributed by atoms with Gasteiger partial charge in [-0.05, 0) is 24.3 Å². The van der Waals surface area contributed by atoms with Gasteiger partial charge >= 0.3 is 5.69 Å². The highest BCUT2D eigenvalue weighted by Gasteiger charge is 2.21. The first-order chi connectivity index (χ1) is 14.9. The van der Waals surface area contributed by atoms with Crippen LogP contribution in [-0.4, -0.2) is 62.0 Å². The Bertz CT molecular complexity index is 1270. The van der Waals surface area contributed by atoms with Crippen LogP contribution in [0.15, 0.2) is 38.9 Å². The number of ether oxygens (including phenoxy) is 1. The molecular formula is C20H20ClN5O4S. The molecule has 0 bridgehead atoms. The fourth-order valence-electron chi connectivity index (χ4n) is 3.30. The largest absolute Gasteiger partial charge is 0.378 e. The fourth-order valence-corrected chi connectivity index (χ4v) is 4.34. The van der Waals surface area contributed by atoms with Crippen LogP contribution in [0.3, 0.4) is 0 Å². The molecule has 0 atom stereocenters. The van der Waals surface area contributed by atoms with Crippen molar-refractivity contribution in [1.29, 1.82) is 0 Å². The van der Waals surface area contributed by atoms with Gasteiger partial charge in [-0.1, -0.05) is 23.4 Å². The molecule has 1 amide bonds. The number of hydrogen-bond donors (Lipinski definition) is 0. The molecule has 1 fully saturated rings. The van der Waals surface area contributed by atoms with Gasteiger partial charge in [0.15, 0.2) is 11.5 Å². The standard InChI is InChI=1S/C20H20ClN5O4S/c1-24-17-15(19(28)25(2)20(24)29)18(31-11-14(27)26-7-9-30-10-8-26)23-16(22-17)12-3-5-13(21)6-4-12/h3-6H,7-11H2,1-2H3. The summed E-state index contributed by atoms with van der Waals surface area (Å²) in [7, 11) is 2.96. The Kier molecular flexibility index (Phi) is 6.12. The molecule has 11 heteroatoms. The van der Waals surface area contributed by atoms with Gasteiger partial charge in [-0.25, -0.2) is 14.8 Å². The summed E-state index contributed by atoms with van der Waals surface area (Å²) >= 11 is 7.15. The van der Waals surface area contributed by atoms with Gasteiger partial charge in [0, 0.05) is 37.8 Å². The van der Waals surface area contributed by atoms with Crippen molar-refractivity contribution in [2.24, 2.45) is 14.1 Å². The molecule has 31 heavy (non-hydrogen) atoms. The van der Waals surface area contributed by atoms with Crippen LogP contribution in [0, 0.1) is 0 Å². The summed E-state index contributed by atoms with van der Waals surface area (Å²) in [5.41, 5.74) is -0.0872. The molecule has 1 saturated heterocycles. The Balaban J connectivity index is 1.81. The number of hydrogen-bond acceptors (Lipinski definition) is 7. The lowest BCUT2D eigenvalue weighted by molar-refractivity contribution is -0.132. The van der Waals surface area contributed by atoms with Crippen LogP contribution in [-0.2, 0) is 23.6 Å². The number of benzene rings is 1. The van der Waals surface area contributed by atoms with Gasteiger partial charge in [-0.3, -0.25) is 18.7 Å². The Morgan fingerprint density at radius 1 is 1.10 bits per heavy atom. The Morgan fingerprint density at radius 2 is 1.77 bits per heavy atom. The molecule has 1 aliphatic heterocycles. The van der Waals surface area contributed by atoms with Gasteiger partial charge in [0.1, 0.15) is 10.4 Å². The molecule has 1 aliphatic rings. The highest BCUT2D eigenvalue weighted by Crippen LogP contribution is 2.27. The molecule has 2 aromatic heterocycles. The predicted octanol–water partition coefficient (Wildman–Crippen LogP) is 1.30. The second kappa shape index (κ2) is 8.81. The summed E-state index contributed by atoms with van der Waals surface area (Å²) in [5, 5.41) is 1.13. The number of carbonyl (C=O) groups is 1. The third-order valence-electron chi connectivity index (χ3n) is 5.07. The highest BCUT2D eigenvalue weighted by atomic mass is 35.5. The van der Waals surface area contributed by atoms with Crippen LogP contribution in [0.4, 0.5) is 0 Å². The van der Waals surface area contributed by atoms with Crippen molar-refractivity contribution in [1.82, 2.24) is 24.0 Å². The van der Waals surface area contributed by atoms with E-state index in [0.717, 1.165) is 16.3 Å². The molecule has 9 nitrogen and oxygen atoms in total. The number of aromatic nitrogens is 4. The van der Waals surface area contributed by atoms with E-state index in [1.54, 1.807) is 36.2 Å². The van der Waals surface area contributed by atoms with Crippen LogP contribution in [0.25, 0.3) is 22.4 Å². The Morgan fingerprint density at radius 3 is 2.45 bits per heavy atom. The zero-order valence-corrected chi connectivity index (χ0v) is 18.6. The van der Waals surface area contributed by atoms with Gasteiger partial charge in [0.05, 0.1) is 19.0 Å². The summed E-state index contributed by atoms with van der Waals surface area (Å²) in [6, 6.07) is 6.94. The minimum atomic E-state index is -0.498. The Labute approximate surface area is 186 Å². The number of thioether (sulfide) groups is 1. The van der Waals surface area contributed by atoms with E-state index in [9.17, 15) is 14.4 Å². The van der Waals surface area contributed by atoms with E-state index >= 15 is 0 Å². The van der Waals surface area contributed by atoms with Crippen molar-refractivity contribution < 1.29 is 9.53 Å². The van der Waals surface area contributed by atoms with Crippen LogP contribution in [0.5, 0.6) is 0 Å². The third kappa shape index (κ3) is 4.23. The summed E-state index contributed by atoms with van der Waals surface area (Å²) in [4.78, 5) is 48.8. The molecule has 0 spiro atoms. The van der Waals surface area contributed by atoms with Crippen molar-refractivity contribution >= 4 is 40.3 Å². The normalized spacial score (nSPS) is 14.2. The molecule has 1 aromatic carbocycles. The number of fused-ring (bicyclic) bond motifs is 1. The minimum absolute atomic E-state index is 0.0604. The molecular weight excluding hydrogens is 442 g/mol. The summed E-state index contributed by atoms with van der Waals surface area (Å²) < 4.78 is 7.62. The van der Waals surface area contributed by atoms with Gasteiger partial charge in [-0.15, -0.1) is 0 Å². The van der Waals surface area contributed by atoms with Gasteiger partial charge in [0.2, 0.25) is 5.91 Å². The molecule has 4 rings (SSSR count). The van der Waals surface area contributed by atoms with Crippen LogP contribution >= 0.6 is 23.4 Å². The number of rotatable bonds is 4. The summed E-state index contributed by atoms with van der Waals surface area (Å²) in [6.45, 7) is 2.10. The summed E-state index contributed by atoms with van der Waals surface area (Å²) in [5.74, 6) is 0.390. The van der Waals surface area contributed by atoms with Crippen LogP contribution < -0.4 is 11.2 Å². The lowest BCUT2D eigenvalue weighted by atomic mass is 10.2. The Hall–Kier alpha value is -2.69. The van der Waals surface area contributed by atoms with E-state index in [0.29, 0.717) is 47.7 Å². The molecule has 0 radical (unpaired) electrons. The maximum Gasteiger partial charge on any atom is 0.332 e. The molecule has 0 saturated carbocycles. The zero-order chi connectivity index (χ0) is 22.1. The van der Waals surface area contributed by atoms with E-state index in [4.69, 9.17) is 16.3 Å². The van der Waals surface area contributed by atoms with Gasteiger partial charge in [0.25, 0.3) is 5.56 Å². The highest BCUT2D eigenvalue weighted by molar-refractivity contribution is 8.00. The zero-order valence-electron chi connectivity index (χ0n) is 17.0. The van der Waals surface area contributed by atoms with Crippen molar-refractivity contribution in [2.45, 2.75) is 5.03 Å². The second-order valence-corrected chi connectivity index (χ2v) is 8.45. The average Bonchev–Trinajstić information content (AvgIpc) is 2.80. The number of morpholine rings is 1. The first kappa shape index (κ1) is 21.5. The molecule has 162 valence electrons. The number of amides is 1. The molecule has 0 aliphatic carbocycles. The monoisotopic (exact) mass is 461 g/mol. The smallest absolute Gasteiger partial charge is 0.332 e. The fraction of sp³-hybridized carbons (Fsp3) is 0.350. The van der Waals surface area contributed by atoms with Crippen molar-refractivity contribution in [2.75, 3.05) is 32.1 Å². The number of halogens is 1. The number of aryl methyl sites for hydroxylation is 1. The lowest BCUT2D eigenvalue weighted by Gasteiger charge is -2.26. The van der Waals surface area contributed by atoms with Gasteiger partial charge in [-0.2, -0.15) is 0 Å². The van der Waals surface area contributed by atoms with E-state index in [-0.39, 0.29) is 22.7 Å². The topological polar surface area (TPSA) is 99.3 Å². The number of nitrogens with zero attached hydrogens (tertiary/aromatic N) is 5. The van der Waals surface area contributed by atoms with Crippen LogP contribution in [0.1, 0.15) is 0 Å². The maximum absolute atomic E-state index is 12.9. The first-order valence-corrected chi connectivity index (χ1v) is 10.9. The predicted molar refractivity (Wildman–Crippen MR) is 119 cm³/mol. The third-order valence-corrected chi connectivity index (χ3v) is 6.28. The van der Waals surface area contributed by atoms with Crippen LogP contribution in [0.2, 0.25) is 5.02 Å². The van der Waals surface area contributed by atoms with E-state index < -0.39 is 11.2 Å². The van der Waals surface area contributed by atoms with E-state index in [1.165, 1.54) is 11.6 Å². The van der Waals surface area contributed by atoms with Crippen molar-refractivity contribution in [3.8, 4) is 11.4 Å². The number of carbonyl (C=O) groups excluding carboxylic acids is 1. The minimum Gasteiger partial charge on any atom is -0.378 e. The quantitative estimate of drug-likeness (QED) is 0.426. The molecule has 0 unspecified atom stereocenters. The SMILES string of the molecule is Cn1c(=O)c2c(SCC(=O)N3CCOCC3)nc(-c3ccc(Cl)cc3)nc2n(C)c1=O. The lowest BCUT2D eigenvalue weighted by Crippen LogP contribution is -2.41.